The molecule has 1 heterocycles. The van der Waals surface area contributed by atoms with Crippen LogP contribution in [0.3, 0.4) is 0 Å². The molecule has 0 saturated carbocycles. The second-order valence-electron chi connectivity index (χ2n) is 8.81. The number of amides is 2. The van der Waals surface area contributed by atoms with Gasteiger partial charge < -0.3 is 19.9 Å². The number of aromatic nitrogens is 3. The highest BCUT2D eigenvalue weighted by molar-refractivity contribution is 7.99. The Balaban J connectivity index is 1.64. The van der Waals surface area contributed by atoms with Gasteiger partial charge in [0.1, 0.15) is 0 Å². The van der Waals surface area contributed by atoms with Gasteiger partial charge in [0.15, 0.2) is 11.0 Å². The molecule has 0 radical (unpaired) electrons. The third-order valence-electron chi connectivity index (χ3n) is 5.38. The summed E-state index contributed by atoms with van der Waals surface area (Å²) in [6, 6.07) is 10.7. The van der Waals surface area contributed by atoms with Crippen molar-refractivity contribution in [3.05, 3.63) is 69.5 Å². The van der Waals surface area contributed by atoms with Crippen molar-refractivity contribution in [1.82, 2.24) is 20.1 Å². The zero-order valence-corrected chi connectivity index (χ0v) is 23.8. The van der Waals surface area contributed by atoms with Crippen molar-refractivity contribution in [1.29, 1.82) is 0 Å². The quantitative estimate of drug-likeness (QED) is 0.227. The number of nitrogens with one attached hydrogen (secondary N) is 2. The molecule has 1 aromatic heterocycles. The van der Waals surface area contributed by atoms with E-state index < -0.39 is 12.0 Å². The van der Waals surface area contributed by atoms with Gasteiger partial charge in [0.05, 0.1) is 34.6 Å². The number of anilines is 1. The van der Waals surface area contributed by atoms with Gasteiger partial charge in [0.25, 0.3) is 5.91 Å². The maximum absolute atomic E-state index is 13.0. The molecule has 0 aliphatic heterocycles. The van der Waals surface area contributed by atoms with E-state index in [1.165, 1.54) is 17.8 Å². The van der Waals surface area contributed by atoms with Gasteiger partial charge in [-0.1, -0.05) is 48.8 Å². The number of benzene rings is 2. The van der Waals surface area contributed by atoms with E-state index in [9.17, 15) is 14.4 Å². The second kappa shape index (κ2) is 13.6. The molecule has 38 heavy (non-hydrogen) atoms. The Labute approximate surface area is 235 Å². The van der Waals surface area contributed by atoms with E-state index in [-0.39, 0.29) is 28.5 Å². The van der Waals surface area contributed by atoms with E-state index in [2.05, 4.69) is 20.8 Å². The number of carbonyl (C=O) groups excluding carboxylic acids is 3. The van der Waals surface area contributed by atoms with E-state index >= 15 is 0 Å². The van der Waals surface area contributed by atoms with Crippen molar-refractivity contribution in [2.75, 3.05) is 17.7 Å². The van der Waals surface area contributed by atoms with Gasteiger partial charge in [-0.3, -0.25) is 9.59 Å². The fraction of sp³-hybridized carbons (Fsp3) is 0.346. The molecule has 0 saturated heterocycles. The van der Waals surface area contributed by atoms with Crippen molar-refractivity contribution in [3.63, 3.8) is 0 Å². The van der Waals surface area contributed by atoms with Crippen molar-refractivity contribution < 1.29 is 19.1 Å². The van der Waals surface area contributed by atoms with Gasteiger partial charge in [-0.2, -0.15) is 0 Å². The van der Waals surface area contributed by atoms with Crippen LogP contribution in [0.15, 0.2) is 47.6 Å². The molecular formula is C26H29Cl2N5O4S. The number of hydrogen-bond acceptors (Lipinski definition) is 7. The highest BCUT2D eigenvalue weighted by Gasteiger charge is 2.24. The molecule has 202 valence electrons. The van der Waals surface area contributed by atoms with Gasteiger partial charge in [-0.15, -0.1) is 10.2 Å². The predicted molar refractivity (Wildman–Crippen MR) is 149 cm³/mol. The molecule has 3 rings (SSSR count). The number of nitrogens with zero attached hydrogens (tertiary/aromatic N) is 3. The lowest BCUT2D eigenvalue weighted by Gasteiger charge is -2.20. The summed E-state index contributed by atoms with van der Waals surface area (Å²) < 4.78 is 6.73. The van der Waals surface area contributed by atoms with E-state index in [1.807, 2.05) is 13.8 Å². The first-order valence-corrected chi connectivity index (χ1v) is 13.7. The Morgan fingerprint density at radius 2 is 1.79 bits per heavy atom. The Morgan fingerprint density at radius 1 is 1.08 bits per heavy atom. The SMILES string of the molecule is CCOC(=O)c1ccc(NC(=O)CSc2nnc([C@H](CC(C)C)NC(=O)c3ccc(Cl)cc3Cl)n2C)cc1. The van der Waals surface area contributed by atoms with Crippen LogP contribution in [-0.2, 0) is 16.6 Å². The smallest absolute Gasteiger partial charge is 0.338 e. The fourth-order valence-corrected chi connectivity index (χ4v) is 4.81. The first kappa shape index (κ1) is 29.5. The minimum Gasteiger partial charge on any atom is -0.462 e. The van der Waals surface area contributed by atoms with Crippen LogP contribution >= 0.6 is 35.0 Å². The molecule has 2 aromatic carbocycles. The third-order valence-corrected chi connectivity index (χ3v) is 6.95. The zero-order valence-electron chi connectivity index (χ0n) is 21.5. The predicted octanol–water partition coefficient (Wildman–Crippen LogP) is 5.55. The average Bonchev–Trinajstić information content (AvgIpc) is 3.22. The van der Waals surface area contributed by atoms with Crippen molar-refractivity contribution in [2.24, 2.45) is 13.0 Å². The number of rotatable bonds is 11. The number of ether oxygens (including phenoxy) is 1. The number of halogens is 2. The molecule has 0 aliphatic rings. The summed E-state index contributed by atoms with van der Waals surface area (Å²) in [5.74, 6) is -0.0879. The lowest BCUT2D eigenvalue weighted by atomic mass is 10.0. The van der Waals surface area contributed by atoms with Crippen molar-refractivity contribution in [2.45, 2.75) is 38.4 Å². The van der Waals surface area contributed by atoms with Crippen molar-refractivity contribution >= 4 is 58.4 Å². The summed E-state index contributed by atoms with van der Waals surface area (Å²) in [5.41, 5.74) is 1.28. The maximum atomic E-state index is 13.0. The minimum absolute atomic E-state index is 0.0905. The zero-order chi connectivity index (χ0) is 27.8. The number of thioether (sulfide) groups is 1. The normalized spacial score (nSPS) is 11.8. The summed E-state index contributed by atoms with van der Waals surface area (Å²) >= 11 is 13.4. The summed E-state index contributed by atoms with van der Waals surface area (Å²) in [5, 5.41) is 15.6. The van der Waals surface area contributed by atoms with Gasteiger partial charge in [-0.25, -0.2) is 4.79 Å². The minimum atomic E-state index is -0.423. The lowest BCUT2D eigenvalue weighted by Crippen LogP contribution is -2.31. The lowest BCUT2D eigenvalue weighted by molar-refractivity contribution is -0.113. The standard InChI is InChI=1S/C26H29Cl2N5O4S/c1-5-37-25(36)16-6-9-18(10-7-16)29-22(34)14-38-26-32-31-23(33(26)4)21(12-15(2)3)30-24(35)19-11-8-17(27)13-20(19)28/h6-11,13,15,21H,5,12,14H2,1-4H3,(H,29,34)(H,30,35)/t21-/m0/s1. The molecule has 3 aromatic rings. The molecule has 0 spiro atoms. The van der Waals surface area contributed by atoms with Crippen LogP contribution in [0.4, 0.5) is 5.69 Å². The van der Waals surface area contributed by atoms with Gasteiger partial charge in [0, 0.05) is 17.8 Å². The van der Waals surface area contributed by atoms with Crippen LogP contribution < -0.4 is 10.6 Å². The van der Waals surface area contributed by atoms with E-state index in [0.717, 1.165) is 0 Å². The monoisotopic (exact) mass is 577 g/mol. The van der Waals surface area contributed by atoms with Crippen LogP contribution in [0, 0.1) is 5.92 Å². The molecule has 9 nitrogen and oxygen atoms in total. The van der Waals surface area contributed by atoms with Gasteiger partial charge >= 0.3 is 5.97 Å². The molecule has 2 N–H and O–H groups in total. The highest BCUT2D eigenvalue weighted by Crippen LogP contribution is 2.26. The highest BCUT2D eigenvalue weighted by atomic mass is 35.5. The van der Waals surface area contributed by atoms with Gasteiger partial charge in [0.2, 0.25) is 5.91 Å². The molecule has 0 fully saturated rings. The summed E-state index contributed by atoms with van der Waals surface area (Å²) in [4.78, 5) is 37.2. The average molecular weight is 579 g/mol. The van der Waals surface area contributed by atoms with Crippen LogP contribution in [-0.4, -0.2) is 44.9 Å². The Hall–Kier alpha value is -3.08. The van der Waals surface area contributed by atoms with Crippen molar-refractivity contribution in [3.8, 4) is 0 Å². The maximum Gasteiger partial charge on any atom is 0.338 e. The van der Waals surface area contributed by atoms with Gasteiger partial charge in [-0.05, 0) is 61.7 Å². The molecule has 2 amide bonds. The first-order valence-electron chi connectivity index (χ1n) is 11.9. The molecule has 0 aliphatic carbocycles. The van der Waals surface area contributed by atoms with Crippen LogP contribution in [0.25, 0.3) is 0 Å². The molecule has 12 heteroatoms. The van der Waals surface area contributed by atoms with E-state index in [4.69, 9.17) is 27.9 Å². The molecular weight excluding hydrogens is 549 g/mol. The Bertz CT molecular complexity index is 1300. The molecule has 0 unspecified atom stereocenters. The summed E-state index contributed by atoms with van der Waals surface area (Å²) in [6.07, 6.45) is 0.621. The van der Waals surface area contributed by atoms with E-state index in [1.54, 1.807) is 54.9 Å². The Kier molecular flexibility index (Phi) is 10.6. The molecule has 1 atom stereocenters. The van der Waals surface area contributed by atoms with Crippen LogP contribution in [0.5, 0.6) is 0 Å². The second-order valence-corrected chi connectivity index (χ2v) is 10.6. The largest absolute Gasteiger partial charge is 0.462 e. The van der Waals surface area contributed by atoms with Crippen LogP contribution in [0.1, 0.15) is 59.8 Å². The topological polar surface area (TPSA) is 115 Å². The fourth-order valence-electron chi connectivity index (χ4n) is 3.60. The number of esters is 1. The van der Waals surface area contributed by atoms with Crippen LogP contribution in [0.2, 0.25) is 10.0 Å². The summed E-state index contributed by atoms with van der Waals surface area (Å²) in [7, 11) is 1.79. The number of hydrogen-bond donors (Lipinski definition) is 2. The number of carbonyl (C=O) groups is 3. The third kappa shape index (κ3) is 7.96. The first-order chi connectivity index (χ1) is 18.1. The Morgan fingerprint density at radius 3 is 2.42 bits per heavy atom. The summed E-state index contributed by atoms with van der Waals surface area (Å²) in [6.45, 7) is 6.12. The molecule has 0 bridgehead atoms. The van der Waals surface area contributed by atoms with E-state index in [0.29, 0.717) is 45.8 Å².